The zero-order chi connectivity index (χ0) is 32.8. The van der Waals surface area contributed by atoms with Crippen LogP contribution in [0.4, 0.5) is 39.3 Å². The van der Waals surface area contributed by atoms with Crippen molar-refractivity contribution >= 4 is 23.2 Å². The molecule has 2 aliphatic heterocycles. The topological polar surface area (TPSA) is 95.8 Å². The summed E-state index contributed by atoms with van der Waals surface area (Å²) >= 11 is 0. The molecule has 5 rings (SSSR count). The molecule has 0 saturated carbocycles. The number of nitrogens with zero attached hydrogens (tertiary/aromatic N) is 6. The number of halogens is 5. The lowest BCUT2D eigenvalue weighted by atomic mass is 10.0. The third-order valence-corrected chi connectivity index (χ3v) is 8.14. The van der Waals surface area contributed by atoms with Crippen LogP contribution in [0.1, 0.15) is 36.7 Å². The number of benzene rings is 1. The van der Waals surface area contributed by atoms with Crippen LogP contribution in [0.15, 0.2) is 35.5 Å². The van der Waals surface area contributed by atoms with E-state index in [0.29, 0.717) is 44.7 Å². The summed E-state index contributed by atoms with van der Waals surface area (Å²) in [6.07, 6.45) is -1.95. The van der Waals surface area contributed by atoms with Gasteiger partial charge in [0.15, 0.2) is 5.82 Å². The number of aryl methyl sites for hydroxylation is 1. The highest BCUT2D eigenvalue weighted by Gasteiger charge is 2.37. The van der Waals surface area contributed by atoms with Gasteiger partial charge in [-0.05, 0) is 27.8 Å². The number of carbonyl (C=O) groups excluding carboxylic acids is 1. The lowest BCUT2D eigenvalue weighted by Crippen LogP contribution is -2.50. The number of rotatable bonds is 5. The first-order valence-electron chi connectivity index (χ1n) is 14.4. The maximum Gasteiger partial charge on any atom is 0.417 e. The fraction of sp³-hybridized carbons (Fsp3) is 0.467. The Kier molecular flexibility index (Phi) is 8.86. The highest BCUT2D eigenvalue weighted by atomic mass is 19.4. The largest absolute Gasteiger partial charge is 0.417 e. The summed E-state index contributed by atoms with van der Waals surface area (Å²) in [4.78, 5) is 39.6. The molecule has 10 nitrogen and oxygen atoms in total. The average Bonchev–Trinajstić information content (AvgIpc) is 2.96. The minimum absolute atomic E-state index is 0.0276. The zero-order valence-electron chi connectivity index (χ0n) is 25.5. The molecule has 3 aromatic rings. The molecule has 0 bridgehead atoms. The van der Waals surface area contributed by atoms with Gasteiger partial charge in [0.2, 0.25) is 5.95 Å². The normalized spacial score (nSPS) is 21.2. The summed E-state index contributed by atoms with van der Waals surface area (Å²) in [5.74, 6) is -3.14. The first-order valence-corrected chi connectivity index (χ1v) is 14.4. The van der Waals surface area contributed by atoms with E-state index in [2.05, 4.69) is 15.3 Å². The second kappa shape index (κ2) is 12.4. The summed E-state index contributed by atoms with van der Waals surface area (Å²) in [7, 11) is 3.09. The molecule has 2 aliphatic rings. The number of morpholine rings is 1. The first kappa shape index (κ1) is 32.3. The molecular formula is C30H34F5N7O3. The Morgan fingerprint density at radius 1 is 0.978 bits per heavy atom. The monoisotopic (exact) mass is 635 g/mol. The van der Waals surface area contributed by atoms with Gasteiger partial charge in [-0.3, -0.25) is 9.59 Å². The number of ether oxygens (including phenoxy) is 1. The number of nitrogens with one attached hydrogen (secondary N) is 1. The highest BCUT2D eigenvalue weighted by Crippen LogP contribution is 2.40. The van der Waals surface area contributed by atoms with Crippen molar-refractivity contribution in [3.8, 4) is 11.1 Å². The predicted molar refractivity (Wildman–Crippen MR) is 159 cm³/mol. The first-order chi connectivity index (χ1) is 21.1. The minimum atomic E-state index is -5.04. The second-order valence-electron chi connectivity index (χ2n) is 11.7. The van der Waals surface area contributed by atoms with Gasteiger partial charge in [0.05, 0.1) is 34.6 Å². The zero-order valence-corrected chi connectivity index (χ0v) is 25.5. The summed E-state index contributed by atoms with van der Waals surface area (Å²) in [6.45, 7) is 7.98. The molecule has 45 heavy (non-hydrogen) atoms. The number of amides is 1. The van der Waals surface area contributed by atoms with Crippen molar-refractivity contribution in [1.29, 1.82) is 0 Å². The Bertz CT molecular complexity index is 1640. The fourth-order valence-corrected chi connectivity index (χ4v) is 5.69. The van der Waals surface area contributed by atoms with E-state index in [-0.39, 0.29) is 29.5 Å². The maximum atomic E-state index is 16.5. The number of piperazine rings is 1. The Morgan fingerprint density at radius 3 is 2.22 bits per heavy atom. The van der Waals surface area contributed by atoms with Gasteiger partial charge in [-0.15, -0.1) is 0 Å². The summed E-state index contributed by atoms with van der Waals surface area (Å²) < 4.78 is 80.3. The van der Waals surface area contributed by atoms with Crippen LogP contribution in [0, 0.1) is 11.6 Å². The standard InChI is InChI=1S/C30H34F5N7O3/c1-16-12-41(7-6-39(16)4)23-9-22(31)25(19-10-36-29(37-11-19)42-13-17(2)45-18(3)14-42)26(32)27(23)38-28(44)20-15-40(5)24(43)8-21(20)30(33,34)35/h8-11,15-18H,6-7,12-14H2,1-5H3,(H,38,44). The molecule has 2 saturated heterocycles. The van der Waals surface area contributed by atoms with Gasteiger partial charge in [-0.25, -0.2) is 18.7 Å². The Labute approximate surface area is 256 Å². The molecule has 3 unspecified atom stereocenters. The van der Waals surface area contributed by atoms with Gasteiger partial charge in [-0.2, -0.15) is 13.2 Å². The summed E-state index contributed by atoms with van der Waals surface area (Å²) in [5, 5.41) is 2.27. The van der Waals surface area contributed by atoms with E-state index in [9.17, 15) is 22.8 Å². The van der Waals surface area contributed by atoms with Crippen LogP contribution < -0.4 is 20.7 Å². The number of aromatic nitrogens is 3. The molecule has 4 heterocycles. The summed E-state index contributed by atoms with van der Waals surface area (Å²) in [5.41, 5.74) is -4.47. The number of likely N-dealkylation sites (N-methyl/N-ethyl adjacent to an activating group) is 1. The highest BCUT2D eigenvalue weighted by molar-refractivity contribution is 6.07. The number of anilines is 3. The van der Waals surface area contributed by atoms with Gasteiger partial charge in [0, 0.05) is 82.1 Å². The van der Waals surface area contributed by atoms with E-state index < -0.39 is 51.7 Å². The molecular weight excluding hydrogens is 601 g/mol. The van der Waals surface area contributed by atoms with Gasteiger partial charge in [-0.1, -0.05) is 0 Å². The van der Waals surface area contributed by atoms with Crippen molar-refractivity contribution in [2.24, 2.45) is 7.05 Å². The van der Waals surface area contributed by atoms with Crippen LogP contribution in [-0.4, -0.2) is 83.4 Å². The molecule has 15 heteroatoms. The van der Waals surface area contributed by atoms with Crippen molar-refractivity contribution in [3.63, 3.8) is 0 Å². The number of hydrogen-bond acceptors (Lipinski definition) is 8. The molecule has 0 aliphatic carbocycles. The van der Waals surface area contributed by atoms with E-state index in [1.807, 2.05) is 37.6 Å². The van der Waals surface area contributed by atoms with Crippen LogP contribution in [0.25, 0.3) is 11.1 Å². The van der Waals surface area contributed by atoms with Gasteiger partial charge < -0.3 is 29.3 Å². The smallest absolute Gasteiger partial charge is 0.372 e. The van der Waals surface area contributed by atoms with Gasteiger partial charge >= 0.3 is 6.18 Å². The minimum Gasteiger partial charge on any atom is -0.372 e. The second-order valence-corrected chi connectivity index (χ2v) is 11.7. The molecule has 1 amide bonds. The van der Waals surface area contributed by atoms with E-state index >= 15 is 8.78 Å². The lowest BCUT2D eigenvalue weighted by Gasteiger charge is -2.39. The van der Waals surface area contributed by atoms with Crippen LogP contribution >= 0.6 is 0 Å². The number of pyridine rings is 1. The average molecular weight is 636 g/mol. The van der Waals surface area contributed by atoms with Crippen molar-refractivity contribution in [3.05, 3.63) is 63.8 Å². The Balaban J connectivity index is 1.58. The number of carbonyl (C=O) groups is 1. The van der Waals surface area contributed by atoms with Crippen molar-refractivity contribution in [2.75, 3.05) is 54.9 Å². The molecule has 1 aromatic carbocycles. The van der Waals surface area contributed by atoms with E-state index in [1.54, 1.807) is 4.90 Å². The fourth-order valence-electron chi connectivity index (χ4n) is 5.69. The van der Waals surface area contributed by atoms with Crippen molar-refractivity contribution in [2.45, 2.75) is 45.2 Å². The Morgan fingerprint density at radius 2 is 1.62 bits per heavy atom. The van der Waals surface area contributed by atoms with E-state index in [4.69, 9.17) is 4.74 Å². The molecule has 0 radical (unpaired) electrons. The van der Waals surface area contributed by atoms with Crippen molar-refractivity contribution in [1.82, 2.24) is 19.4 Å². The van der Waals surface area contributed by atoms with E-state index in [0.717, 1.165) is 16.8 Å². The molecule has 2 aromatic heterocycles. The Hall–Kier alpha value is -4.11. The predicted octanol–water partition coefficient (Wildman–Crippen LogP) is 4.15. The number of alkyl halides is 3. The quantitative estimate of drug-likeness (QED) is 0.418. The number of hydrogen-bond donors (Lipinski definition) is 1. The molecule has 1 N–H and O–H groups in total. The van der Waals surface area contributed by atoms with Crippen LogP contribution in [0.5, 0.6) is 0 Å². The lowest BCUT2D eigenvalue weighted by molar-refractivity contribution is -0.138. The van der Waals surface area contributed by atoms with Crippen LogP contribution in [-0.2, 0) is 18.0 Å². The molecule has 0 spiro atoms. The molecule has 2 fully saturated rings. The van der Waals surface area contributed by atoms with Crippen LogP contribution in [0.2, 0.25) is 0 Å². The van der Waals surface area contributed by atoms with Gasteiger partial charge in [0.1, 0.15) is 11.5 Å². The maximum absolute atomic E-state index is 16.5. The van der Waals surface area contributed by atoms with Crippen LogP contribution in [0.3, 0.4) is 0 Å². The third-order valence-electron chi connectivity index (χ3n) is 8.14. The third kappa shape index (κ3) is 6.64. The molecule has 242 valence electrons. The van der Waals surface area contributed by atoms with Gasteiger partial charge in [0.25, 0.3) is 11.5 Å². The molecule has 3 atom stereocenters. The van der Waals surface area contributed by atoms with Crippen molar-refractivity contribution < 1.29 is 31.5 Å². The van der Waals surface area contributed by atoms with E-state index in [1.165, 1.54) is 19.4 Å². The SMILES string of the molecule is CC1CN(c2ncc(-c3c(F)cc(N4CCN(C)C(C)C4)c(NC(=O)c4cn(C)c(=O)cc4C(F)(F)F)c3F)cn2)CC(C)O1. The summed E-state index contributed by atoms with van der Waals surface area (Å²) in [6, 6.07) is 1.33.